The molecule has 2 aromatic rings. The highest BCUT2D eigenvalue weighted by molar-refractivity contribution is 6.03. The van der Waals surface area contributed by atoms with Crippen LogP contribution in [0.15, 0.2) is 42.0 Å². The molecule has 2 aromatic carbocycles. The first-order valence-corrected chi connectivity index (χ1v) is 9.84. The molecule has 7 heteroatoms. The highest BCUT2D eigenvalue weighted by Crippen LogP contribution is 2.46. The molecule has 7 nitrogen and oxygen atoms in total. The summed E-state index contributed by atoms with van der Waals surface area (Å²) in [5, 5.41) is 10.4. The van der Waals surface area contributed by atoms with Crippen LogP contribution in [-0.4, -0.2) is 22.8 Å². The molecular formula is C24H24O7. The van der Waals surface area contributed by atoms with Crippen LogP contribution in [0.4, 0.5) is 0 Å². The molecule has 0 bridgehead atoms. The number of phenols is 1. The van der Waals surface area contributed by atoms with Gasteiger partial charge in [0.25, 0.3) is 0 Å². The second kappa shape index (κ2) is 9.04. The van der Waals surface area contributed by atoms with Gasteiger partial charge in [-0.15, -0.1) is 0 Å². The van der Waals surface area contributed by atoms with Crippen LogP contribution >= 0.6 is 0 Å². The largest absolute Gasteiger partial charge is 0.507 e. The Morgan fingerprint density at radius 2 is 1.74 bits per heavy atom. The van der Waals surface area contributed by atoms with E-state index in [1.165, 1.54) is 19.9 Å². The Kier molecular flexibility index (Phi) is 6.44. The van der Waals surface area contributed by atoms with Crippen LogP contribution in [0.2, 0.25) is 0 Å². The zero-order valence-corrected chi connectivity index (χ0v) is 17.9. The lowest BCUT2D eigenvalue weighted by Crippen LogP contribution is -2.22. The summed E-state index contributed by atoms with van der Waals surface area (Å²) in [6.07, 6.45) is 1.70. The Bertz CT molecular complexity index is 1060. The fourth-order valence-electron chi connectivity index (χ4n) is 3.36. The number of hydrogen-bond donors (Lipinski definition) is 1. The Morgan fingerprint density at radius 3 is 2.32 bits per heavy atom. The van der Waals surface area contributed by atoms with Gasteiger partial charge in [-0.05, 0) is 38.0 Å². The van der Waals surface area contributed by atoms with Gasteiger partial charge in [-0.3, -0.25) is 14.4 Å². The van der Waals surface area contributed by atoms with E-state index < -0.39 is 18.0 Å². The third-order valence-corrected chi connectivity index (χ3v) is 4.71. The zero-order valence-electron chi connectivity index (χ0n) is 17.9. The van der Waals surface area contributed by atoms with Crippen molar-refractivity contribution in [2.45, 2.75) is 46.6 Å². The molecule has 1 N–H and O–H groups in total. The first kappa shape index (κ1) is 22.1. The Morgan fingerprint density at radius 1 is 1.10 bits per heavy atom. The fourth-order valence-corrected chi connectivity index (χ4v) is 3.36. The van der Waals surface area contributed by atoms with Gasteiger partial charge in [0.1, 0.15) is 34.7 Å². The summed E-state index contributed by atoms with van der Waals surface area (Å²) in [6.45, 7) is 6.44. The average molecular weight is 424 g/mol. The van der Waals surface area contributed by atoms with E-state index in [1.54, 1.807) is 24.3 Å². The number of carbonyl (C=O) groups is 3. The Hall–Kier alpha value is -3.61. The van der Waals surface area contributed by atoms with Crippen LogP contribution in [0.1, 0.15) is 61.7 Å². The van der Waals surface area contributed by atoms with Crippen molar-refractivity contribution in [1.29, 1.82) is 0 Å². The molecule has 162 valence electrons. The Balaban J connectivity index is 2.04. The van der Waals surface area contributed by atoms with E-state index in [0.717, 1.165) is 5.57 Å². The molecule has 0 saturated heterocycles. The molecule has 1 aliphatic heterocycles. The summed E-state index contributed by atoms with van der Waals surface area (Å²) in [5.41, 5.74) is 2.34. The maximum atomic E-state index is 12.9. The number of esters is 2. The van der Waals surface area contributed by atoms with Crippen LogP contribution in [0.5, 0.6) is 23.0 Å². The predicted molar refractivity (Wildman–Crippen MR) is 113 cm³/mol. The number of ether oxygens (including phenoxy) is 3. The van der Waals surface area contributed by atoms with E-state index >= 15 is 0 Å². The second-order valence-electron chi connectivity index (χ2n) is 7.55. The SMILES string of the molecule is CC(=O)Oc1ccc([C@@H]2CC(=O)c3c(O)cc(OC(C)=O)c(CC=C(C)C)c3O2)cc1. The van der Waals surface area contributed by atoms with Crippen molar-refractivity contribution < 1.29 is 33.7 Å². The predicted octanol–water partition coefficient (Wildman–Crippen LogP) is 4.46. The van der Waals surface area contributed by atoms with Crippen LogP contribution in [-0.2, 0) is 16.0 Å². The summed E-state index contributed by atoms with van der Waals surface area (Å²) < 4.78 is 16.5. The highest BCUT2D eigenvalue weighted by Gasteiger charge is 2.34. The molecule has 0 fully saturated rings. The van der Waals surface area contributed by atoms with Gasteiger partial charge >= 0.3 is 11.9 Å². The van der Waals surface area contributed by atoms with Gasteiger partial charge in [0, 0.05) is 25.5 Å². The molecule has 0 saturated carbocycles. The maximum absolute atomic E-state index is 12.9. The quantitative estimate of drug-likeness (QED) is 0.430. The first-order chi connectivity index (χ1) is 14.7. The number of Topliss-reactive ketones (excluding diaryl/α,β-unsaturated/α-hetero) is 1. The van der Waals surface area contributed by atoms with Crippen LogP contribution in [0.3, 0.4) is 0 Å². The molecular weight excluding hydrogens is 400 g/mol. The smallest absolute Gasteiger partial charge is 0.308 e. The minimum atomic E-state index is -0.608. The topological polar surface area (TPSA) is 99.1 Å². The highest BCUT2D eigenvalue weighted by atomic mass is 16.5. The minimum Gasteiger partial charge on any atom is -0.507 e. The van der Waals surface area contributed by atoms with Crippen LogP contribution in [0, 0.1) is 0 Å². The number of rotatable bonds is 5. The van der Waals surface area contributed by atoms with Crippen molar-refractivity contribution in [1.82, 2.24) is 0 Å². The lowest BCUT2D eigenvalue weighted by atomic mass is 9.92. The number of aromatic hydroxyl groups is 1. The van der Waals surface area contributed by atoms with Crippen molar-refractivity contribution in [3.05, 3.63) is 58.7 Å². The van der Waals surface area contributed by atoms with Gasteiger partial charge in [-0.1, -0.05) is 23.8 Å². The number of carbonyl (C=O) groups excluding carboxylic acids is 3. The summed E-state index contributed by atoms with van der Waals surface area (Å²) in [6, 6.07) is 7.96. The summed E-state index contributed by atoms with van der Waals surface area (Å²) in [5.74, 6) is -0.793. The van der Waals surface area contributed by atoms with Gasteiger partial charge in [0.2, 0.25) is 0 Å². The monoisotopic (exact) mass is 424 g/mol. The molecule has 0 amide bonds. The van der Waals surface area contributed by atoms with E-state index in [0.29, 0.717) is 23.3 Å². The zero-order chi connectivity index (χ0) is 22.7. The number of phenolic OH excluding ortho intramolecular Hbond substituents is 1. The molecule has 0 unspecified atom stereocenters. The molecule has 3 rings (SSSR count). The number of benzene rings is 2. The van der Waals surface area contributed by atoms with E-state index in [-0.39, 0.29) is 35.0 Å². The van der Waals surface area contributed by atoms with Crippen LogP contribution in [0.25, 0.3) is 0 Å². The lowest BCUT2D eigenvalue weighted by molar-refractivity contribution is -0.132. The van der Waals surface area contributed by atoms with E-state index in [1.807, 2.05) is 19.9 Å². The average Bonchev–Trinajstić information content (AvgIpc) is 2.66. The first-order valence-electron chi connectivity index (χ1n) is 9.84. The number of fused-ring (bicyclic) bond motifs is 1. The normalized spacial score (nSPS) is 14.8. The molecule has 0 spiro atoms. The van der Waals surface area contributed by atoms with E-state index in [2.05, 4.69) is 0 Å². The standard InChI is InChI=1S/C24H24O7/c1-13(2)5-10-18-22(30-15(4)26)12-20(28)23-19(27)11-21(31-24(18)23)16-6-8-17(9-7-16)29-14(3)25/h5-9,12,21,28H,10-11H2,1-4H3/t21-/m0/s1. The van der Waals surface area contributed by atoms with E-state index in [4.69, 9.17) is 14.2 Å². The van der Waals surface area contributed by atoms with E-state index in [9.17, 15) is 19.5 Å². The molecule has 1 aliphatic rings. The molecule has 0 radical (unpaired) electrons. The number of allylic oxidation sites excluding steroid dienone is 2. The lowest BCUT2D eigenvalue weighted by Gasteiger charge is -2.28. The molecule has 1 atom stereocenters. The third-order valence-electron chi connectivity index (χ3n) is 4.71. The molecule has 1 heterocycles. The summed E-state index contributed by atoms with van der Waals surface area (Å²) in [4.78, 5) is 35.6. The van der Waals surface area contributed by atoms with Gasteiger partial charge < -0.3 is 19.3 Å². The Labute approximate surface area is 180 Å². The van der Waals surface area contributed by atoms with Crippen LogP contribution < -0.4 is 14.2 Å². The van der Waals surface area contributed by atoms with Crippen molar-refractivity contribution >= 4 is 17.7 Å². The maximum Gasteiger partial charge on any atom is 0.308 e. The van der Waals surface area contributed by atoms with Gasteiger partial charge in [0.05, 0.1) is 6.42 Å². The number of hydrogen-bond acceptors (Lipinski definition) is 7. The second-order valence-corrected chi connectivity index (χ2v) is 7.55. The van der Waals surface area contributed by atoms with Crippen molar-refractivity contribution in [3.63, 3.8) is 0 Å². The van der Waals surface area contributed by atoms with Gasteiger partial charge in [0.15, 0.2) is 5.78 Å². The summed E-state index contributed by atoms with van der Waals surface area (Å²) >= 11 is 0. The van der Waals surface area contributed by atoms with Gasteiger partial charge in [-0.2, -0.15) is 0 Å². The third kappa shape index (κ3) is 5.12. The number of ketones is 1. The minimum absolute atomic E-state index is 0.0302. The van der Waals surface area contributed by atoms with Crippen molar-refractivity contribution in [2.75, 3.05) is 0 Å². The molecule has 31 heavy (non-hydrogen) atoms. The molecule has 0 aromatic heterocycles. The fraction of sp³-hybridized carbons (Fsp3) is 0.292. The molecule has 0 aliphatic carbocycles. The van der Waals surface area contributed by atoms with Crippen molar-refractivity contribution in [3.8, 4) is 23.0 Å². The van der Waals surface area contributed by atoms with Gasteiger partial charge in [-0.25, -0.2) is 0 Å². The van der Waals surface area contributed by atoms with Crippen molar-refractivity contribution in [2.24, 2.45) is 0 Å². The summed E-state index contributed by atoms with van der Waals surface area (Å²) in [7, 11) is 0.